The number of aliphatic imine (C=N–C) groups is 1. The van der Waals surface area contributed by atoms with Crippen molar-refractivity contribution < 1.29 is 13.2 Å². The van der Waals surface area contributed by atoms with Gasteiger partial charge in [0.1, 0.15) is 5.75 Å². The highest BCUT2D eigenvalue weighted by molar-refractivity contribution is 7.89. The van der Waals surface area contributed by atoms with Gasteiger partial charge in [-0.05, 0) is 41.1 Å². The Morgan fingerprint density at radius 2 is 1.71 bits per heavy atom. The molecule has 0 saturated heterocycles. The number of primary sulfonamides is 1. The van der Waals surface area contributed by atoms with Crippen LogP contribution in [0.3, 0.4) is 0 Å². The molecule has 0 aliphatic carbocycles. The summed E-state index contributed by atoms with van der Waals surface area (Å²) in [7, 11) is -2.08. The number of sulfonamides is 1. The maximum Gasteiger partial charge on any atom is 0.238 e. The lowest BCUT2D eigenvalue weighted by atomic mass is 10.0. The highest BCUT2D eigenvalue weighted by Crippen LogP contribution is 2.27. The average Bonchev–Trinajstić information content (AvgIpc) is 2.59. The topological polar surface area (TPSA) is 81.8 Å². The van der Waals surface area contributed by atoms with E-state index in [4.69, 9.17) is 9.88 Å². The number of methoxy groups -OCH3 is 1. The summed E-state index contributed by atoms with van der Waals surface area (Å²) in [6, 6.07) is 17.9. The molecule has 0 aliphatic rings. The molecule has 5 nitrogen and oxygen atoms in total. The van der Waals surface area contributed by atoms with Crippen LogP contribution in [0.15, 0.2) is 70.6 Å². The van der Waals surface area contributed by atoms with Crippen molar-refractivity contribution in [1.29, 1.82) is 0 Å². The molecule has 2 N–H and O–H groups in total. The zero-order valence-corrected chi connectivity index (χ0v) is 13.8. The highest BCUT2D eigenvalue weighted by atomic mass is 32.2. The second-order valence-corrected chi connectivity index (χ2v) is 6.76. The van der Waals surface area contributed by atoms with E-state index in [1.807, 2.05) is 36.4 Å². The van der Waals surface area contributed by atoms with Gasteiger partial charge in [0.15, 0.2) is 0 Å². The van der Waals surface area contributed by atoms with E-state index < -0.39 is 10.0 Å². The first-order chi connectivity index (χ1) is 11.5. The molecule has 3 rings (SSSR count). The minimum atomic E-state index is -3.70. The van der Waals surface area contributed by atoms with Gasteiger partial charge in [-0.2, -0.15) is 0 Å². The second kappa shape index (κ2) is 6.43. The van der Waals surface area contributed by atoms with E-state index in [0.717, 1.165) is 22.1 Å². The van der Waals surface area contributed by atoms with E-state index in [1.54, 1.807) is 25.5 Å². The van der Waals surface area contributed by atoms with Gasteiger partial charge in [0, 0.05) is 11.8 Å². The van der Waals surface area contributed by atoms with Gasteiger partial charge in [-0.25, -0.2) is 13.6 Å². The molecule has 0 aliphatic heterocycles. The number of rotatable bonds is 4. The fraction of sp³-hybridized carbons (Fsp3) is 0.0556. The van der Waals surface area contributed by atoms with E-state index >= 15 is 0 Å². The van der Waals surface area contributed by atoms with Crippen LogP contribution in [-0.2, 0) is 10.0 Å². The van der Waals surface area contributed by atoms with Gasteiger partial charge in [0.2, 0.25) is 10.0 Å². The summed E-state index contributed by atoms with van der Waals surface area (Å²) in [6.07, 6.45) is 1.72. The van der Waals surface area contributed by atoms with Crippen LogP contribution in [0, 0.1) is 0 Å². The monoisotopic (exact) mass is 340 g/mol. The first-order valence-corrected chi connectivity index (χ1v) is 8.76. The number of hydrogen-bond acceptors (Lipinski definition) is 4. The van der Waals surface area contributed by atoms with Crippen LogP contribution in [0.4, 0.5) is 5.69 Å². The van der Waals surface area contributed by atoms with E-state index in [9.17, 15) is 8.42 Å². The highest BCUT2D eigenvalue weighted by Gasteiger charge is 2.07. The van der Waals surface area contributed by atoms with Gasteiger partial charge in [0.25, 0.3) is 0 Å². The number of fused-ring (bicyclic) bond motifs is 1. The number of benzene rings is 3. The Morgan fingerprint density at radius 3 is 2.38 bits per heavy atom. The molecule has 0 radical (unpaired) electrons. The standard InChI is InChI=1S/C18H16N2O3S/c1-23-18-11-6-13-4-2-3-5-16(13)17(18)12-20-14-7-9-15(10-8-14)24(19,21)22/h2-12H,1H3,(H2,19,21,22). The van der Waals surface area contributed by atoms with Gasteiger partial charge in [-0.3, -0.25) is 4.99 Å². The fourth-order valence-electron chi connectivity index (χ4n) is 2.45. The summed E-state index contributed by atoms with van der Waals surface area (Å²) < 4.78 is 28.0. The number of hydrogen-bond donors (Lipinski definition) is 1. The lowest BCUT2D eigenvalue weighted by Crippen LogP contribution is -2.11. The summed E-state index contributed by atoms with van der Waals surface area (Å²) in [5.41, 5.74) is 1.49. The average molecular weight is 340 g/mol. The first kappa shape index (κ1) is 16.2. The van der Waals surface area contributed by atoms with Crippen molar-refractivity contribution in [3.8, 4) is 5.75 Å². The lowest BCUT2D eigenvalue weighted by Gasteiger charge is -2.08. The largest absolute Gasteiger partial charge is 0.496 e. The Bertz CT molecular complexity index is 1010. The number of nitrogens with zero attached hydrogens (tertiary/aromatic N) is 1. The molecular formula is C18H16N2O3S. The third kappa shape index (κ3) is 3.29. The van der Waals surface area contributed by atoms with Gasteiger partial charge >= 0.3 is 0 Å². The molecule has 0 bridgehead atoms. The smallest absolute Gasteiger partial charge is 0.238 e. The van der Waals surface area contributed by atoms with Gasteiger partial charge in [0.05, 0.1) is 17.7 Å². The SMILES string of the molecule is COc1ccc2ccccc2c1C=Nc1ccc(S(N)(=O)=O)cc1. The van der Waals surface area contributed by atoms with Crippen LogP contribution in [-0.4, -0.2) is 21.7 Å². The maximum absolute atomic E-state index is 11.3. The van der Waals surface area contributed by atoms with Crippen LogP contribution in [0.1, 0.15) is 5.56 Å². The molecule has 0 atom stereocenters. The summed E-state index contributed by atoms with van der Waals surface area (Å²) in [5, 5.41) is 7.21. The quantitative estimate of drug-likeness (QED) is 0.740. The van der Waals surface area contributed by atoms with Crippen LogP contribution in [0.5, 0.6) is 5.75 Å². The molecule has 0 fully saturated rings. The van der Waals surface area contributed by atoms with Crippen molar-refractivity contribution in [2.75, 3.05) is 7.11 Å². The predicted molar refractivity (Wildman–Crippen MR) is 95.6 cm³/mol. The number of nitrogens with two attached hydrogens (primary N) is 1. The van der Waals surface area contributed by atoms with Crippen molar-refractivity contribution in [1.82, 2.24) is 0 Å². The normalized spacial score (nSPS) is 11.9. The molecule has 122 valence electrons. The summed E-state index contributed by atoms with van der Waals surface area (Å²) >= 11 is 0. The summed E-state index contributed by atoms with van der Waals surface area (Å²) in [4.78, 5) is 4.48. The molecule has 3 aromatic rings. The van der Waals surface area contributed by atoms with Gasteiger partial charge in [-0.15, -0.1) is 0 Å². The van der Waals surface area contributed by atoms with E-state index in [-0.39, 0.29) is 4.90 Å². The van der Waals surface area contributed by atoms with Crippen molar-refractivity contribution in [3.63, 3.8) is 0 Å². The Kier molecular flexibility index (Phi) is 4.33. The molecule has 0 amide bonds. The molecule has 24 heavy (non-hydrogen) atoms. The Morgan fingerprint density at radius 1 is 1.00 bits per heavy atom. The molecule has 0 aromatic heterocycles. The van der Waals surface area contributed by atoms with Crippen molar-refractivity contribution in [2.24, 2.45) is 10.1 Å². The molecule has 0 heterocycles. The molecule has 0 saturated carbocycles. The van der Waals surface area contributed by atoms with E-state index in [0.29, 0.717) is 5.69 Å². The van der Waals surface area contributed by atoms with E-state index in [2.05, 4.69) is 4.99 Å². The minimum absolute atomic E-state index is 0.0594. The Balaban J connectivity index is 2.01. The minimum Gasteiger partial charge on any atom is -0.496 e. The van der Waals surface area contributed by atoms with E-state index in [1.165, 1.54) is 12.1 Å². The lowest BCUT2D eigenvalue weighted by molar-refractivity contribution is 0.415. The number of ether oxygens (including phenoxy) is 1. The van der Waals surface area contributed by atoms with Crippen LogP contribution >= 0.6 is 0 Å². The van der Waals surface area contributed by atoms with Crippen LogP contribution in [0.2, 0.25) is 0 Å². The van der Waals surface area contributed by atoms with Crippen LogP contribution < -0.4 is 9.88 Å². The molecule has 3 aromatic carbocycles. The summed E-state index contributed by atoms with van der Waals surface area (Å²) in [5.74, 6) is 0.721. The fourth-order valence-corrected chi connectivity index (χ4v) is 2.96. The molecule has 6 heteroatoms. The molecule has 0 spiro atoms. The molecular weight excluding hydrogens is 324 g/mol. The third-order valence-corrected chi connectivity index (χ3v) is 4.59. The Labute approximate surface area is 140 Å². The zero-order valence-electron chi connectivity index (χ0n) is 13.0. The maximum atomic E-state index is 11.3. The van der Waals surface area contributed by atoms with Crippen molar-refractivity contribution in [2.45, 2.75) is 4.90 Å². The summed E-state index contributed by atoms with van der Waals surface area (Å²) in [6.45, 7) is 0. The van der Waals surface area contributed by atoms with Crippen LogP contribution in [0.25, 0.3) is 10.8 Å². The first-order valence-electron chi connectivity index (χ1n) is 7.22. The second-order valence-electron chi connectivity index (χ2n) is 5.20. The van der Waals surface area contributed by atoms with Crippen molar-refractivity contribution in [3.05, 3.63) is 66.2 Å². The van der Waals surface area contributed by atoms with Gasteiger partial charge < -0.3 is 4.74 Å². The Hall–Kier alpha value is -2.70. The zero-order chi connectivity index (χ0) is 17.2. The third-order valence-electron chi connectivity index (χ3n) is 3.66. The molecule has 0 unspecified atom stereocenters. The van der Waals surface area contributed by atoms with Crippen molar-refractivity contribution >= 4 is 32.7 Å². The predicted octanol–water partition coefficient (Wildman–Crippen LogP) is 3.25. The van der Waals surface area contributed by atoms with Gasteiger partial charge in [-0.1, -0.05) is 30.3 Å².